The van der Waals surface area contributed by atoms with Crippen molar-refractivity contribution in [3.8, 4) is 0 Å². The lowest BCUT2D eigenvalue weighted by Crippen LogP contribution is -2.61. The Bertz CT molecular complexity index is 553. The molecule has 5 atom stereocenters. The first-order chi connectivity index (χ1) is 11.8. The van der Waals surface area contributed by atoms with E-state index in [-0.39, 0.29) is 6.54 Å². The van der Waals surface area contributed by atoms with Crippen LogP contribution in [0.5, 0.6) is 0 Å². The van der Waals surface area contributed by atoms with Crippen LogP contribution in [-0.2, 0) is 33.3 Å². The Morgan fingerprint density at radius 1 is 1.04 bits per heavy atom. The lowest BCUT2D eigenvalue weighted by molar-refractivity contribution is -0.230. The van der Waals surface area contributed by atoms with Gasteiger partial charge in [-0.25, -0.2) is 0 Å². The van der Waals surface area contributed by atoms with Gasteiger partial charge in [-0.15, -0.1) is 11.8 Å². The molecule has 140 valence electrons. The molecule has 0 aromatic rings. The van der Waals surface area contributed by atoms with E-state index in [0.29, 0.717) is 5.75 Å². The number of rotatable bonds is 7. The Morgan fingerprint density at radius 2 is 1.56 bits per heavy atom. The van der Waals surface area contributed by atoms with Gasteiger partial charge >= 0.3 is 17.9 Å². The van der Waals surface area contributed by atoms with E-state index in [0.717, 1.165) is 0 Å². The fourth-order valence-electron chi connectivity index (χ4n) is 2.42. The highest BCUT2D eigenvalue weighted by Gasteiger charge is 2.51. The normalized spacial score (nSPS) is 28.4. The quantitative estimate of drug-likeness (QED) is 0.215. The summed E-state index contributed by atoms with van der Waals surface area (Å²) in [7, 11) is 0. The van der Waals surface area contributed by atoms with Crippen molar-refractivity contribution >= 4 is 29.7 Å². The van der Waals surface area contributed by atoms with Crippen LogP contribution in [0, 0.1) is 0 Å². The minimum atomic E-state index is -1.08. The molecule has 1 fully saturated rings. The topological polar surface area (TPSA) is 137 Å². The molecule has 1 saturated heterocycles. The first-order valence-electron chi connectivity index (χ1n) is 7.59. The predicted molar refractivity (Wildman–Crippen MR) is 87.5 cm³/mol. The van der Waals surface area contributed by atoms with Gasteiger partial charge in [0.1, 0.15) is 11.5 Å². The fraction of sp³-hybridized carbons (Fsp3) is 0.786. The van der Waals surface area contributed by atoms with Gasteiger partial charge in [0.25, 0.3) is 0 Å². The summed E-state index contributed by atoms with van der Waals surface area (Å²) in [5, 5.41) is 3.45. The van der Waals surface area contributed by atoms with Crippen LogP contribution in [0.1, 0.15) is 27.7 Å². The Labute approximate surface area is 149 Å². The molecule has 0 spiro atoms. The smallest absolute Gasteiger partial charge is 0.303 e. The maximum absolute atomic E-state index is 11.5. The zero-order chi connectivity index (χ0) is 19.0. The molecule has 1 aliphatic rings. The van der Waals surface area contributed by atoms with Gasteiger partial charge in [0.05, 0.1) is 6.54 Å². The SMILES string of the molecule is CCS[C@H]1O[C@H](CN=[N+]=[N-])[C@@H](OC(C)=O)[C@H](OC(C)=O)[C@@H]1OC(C)=O. The maximum Gasteiger partial charge on any atom is 0.303 e. The number of hydrogen-bond donors (Lipinski definition) is 0. The van der Waals surface area contributed by atoms with Crippen molar-refractivity contribution in [3.05, 3.63) is 10.4 Å². The maximum atomic E-state index is 11.5. The molecular formula is C14H21N3O7S. The molecule has 0 aromatic carbocycles. The van der Waals surface area contributed by atoms with Crippen LogP contribution in [-0.4, -0.2) is 60.1 Å². The molecule has 0 unspecified atom stereocenters. The fourth-order valence-corrected chi connectivity index (χ4v) is 3.37. The van der Waals surface area contributed by atoms with Crippen molar-refractivity contribution in [1.29, 1.82) is 0 Å². The summed E-state index contributed by atoms with van der Waals surface area (Å²) in [6, 6.07) is 0. The van der Waals surface area contributed by atoms with Gasteiger partial charge in [-0.1, -0.05) is 12.0 Å². The Balaban J connectivity index is 3.25. The predicted octanol–water partition coefficient (Wildman–Crippen LogP) is 1.57. The summed E-state index contributed by atoms with van der Waals surface area (Å²) in [6.45, 7) is 5.32. The van der Waals surface area contributed by atoms with Crippen molar-refractivity contribution < 1.29 is 33.3 Å². The molecule has 0 amide bonds. The van der Waals surface area contributed by atoms with Crippen LogP contribution >= 0.6 is 11.8 Å². The summed E-state index contributed by atoms with van der Waals surface area (Å²) < 4.78 is 21.6. The zero-order valence-electron chi connectivity index (χ0n) is 14.4. The number of esters is 3. The van der Waals surface area contributed by atoms with E-state index in [4.69, 9.17) is 24.5 Å². The molecule has 0 saturated carbocycles. The third-order valence-corrected chi connectivity index (χ3v) is 4.19. The minimum absolute atomic E-state index is 0.139. The molecule has 1 heterocycles. The second-order valence-electron chi connectivity index (χ2n) is 5.13. The Kier molecular flexibility index (Phi) is 8.53. The minimum Gasteiger partial charge on any atom is -0.456 e. The number of hydrogen-bond acceptors (Lipinski definition) is 9. The van der Waals surface area contributed by atoms with Crippen LogP contribution in [0.2, 0.25) is 0 Å². The molecular weight excluding hydrogens is 354 g/mol. The highest BCUT2D eigenvalue weighted by atomic mass is 32.2. The first-order valence-corrected chi connectivity index (χ1v) is 8.64. The number of azide groups is 1. The van der Waals surface area contributed by atoms with E-state index < -0.39 is 47.8 Å². The lowest BCUT2D eigenvalue weighted by atomic mass is 9.99. The van der Waals surface area contributed by atoms with Crippen molar-refractivity contribution in [1.82, 2.24) is 0 Å². The van der Waals surface area contributed by atoms with Gasteiger partial charge in [-0.05, 0) is 11.3 Å². The van der Waals surface area contributed by atoms with Crippen LogP contribution in [0.25, 0.3) is 10.4 Å². The summed E-state index contributed by atoms with van der Waals surface area (Å²) in [4.78, 5) is 37.1. The highest BCUT2D eigenvalue weighted by Crippen LogP contribution is 2.34. The monoisotopic (exact) mass is 375 g/mol. The van der Waals surface area contributed by atoms with Crippen LogP contribution in [0.4, 0.5) is 0 Å². The highest BCUT2D eigenvalue weighted by molar-refractivity contribution is 7.99. The van der Waals surface area contributed by atoms with E-state index in [1.807, 2.05) is 6.92 Å². The lowest BCUT2D eigenvalue weighted by Gasteiger charge is -2.44. The van der Waals surface area contributed by atoms with Crippen molar-refractivity contribution in [3.63, 3.8) is 0 Å². The van der Waals surface area contributed by atoms with Gasteiger partial charge in [-0.2, -0.15) is 0 Å². The van der Waals surface area contributed by atoms with Gasteiger partial charge in [-0.3, -0.25) is 14.4 Å². The summed E-state index contributed by atoms with van der Waals surface area (Å²) in [5.41, 5.74) is 7.87. The molecule has 1 rings (SSSR count). The molecule has 0 N–H and O–H groups in total. The summed E-state index contributed by atoms with van der Waals surface area (Å²) in [5.74, 6) is -1.24. The Hall–Kier alpha value is -1.97. The van der Waals surface area contributed by atoms with Gasteiger partial charge in [0, 0.05) is 25.7 Å². The number of ether oxygens (including phenoxy) is 4. The van der Waals surface area contributed by atoms with E-state index in [9.17, 15) is 14.4 Å². The molecule has 0 bridgehead atoms. The van der Waals surface area contributed by atoms with E-state index in [2.05, 4.69) is 10.0 Å². The van der Waals surface area contributed by atoms with Crippen molar-refractivity contribution in [2.24, 2.45) is 5.11 Å². The summed E-state index contributed by atoms with van der Waals surface area (Å²) in [6.07, 6.45) is -3.98. The zero-order valence-corrected chi connectivity index (χ0v) is 15.2. The number of carbonyl (C=O) groups is 3. The number of nitrogens with zero attached hydrogens (tertiary/aromatic N) is 3. The van der Waals surface area contributed by atoms with Crippen LogP contribution < -0.4 is 0 Å². The average molecular weight is 375 g/mol. The van der Waals surface area contributed by atoms with Crippen LogP contribution in [0.3, 0.4) is 0 Å². The van der Waals surface area contributed by atoms with Crippen molar-refractivity contribution in [2.75, 3.05) is 12.3 Å². The molecule has 1 aliphatic heterocycles. The van der Waals surface area contributed by atoms with Crippen molar-refractivity contribution in [2.45, 2.75) is 57.5 Å². The molecule has 25 heavy (non-hydrogen) atoms. The standard InChI is InChI=1S/C14H21N3O7S/c1-5-25-14-13(23-9(4)20)12(22-8(3)19)11(21-7(2)18)10(24-14)6-16-17-15/h10-14H,5-6H2,1-4H3/t10-,11-,12+,13+,14-/m1/s1. The van der Waals surface area contributed by atoms with E-state index in [1.165, 1.54) is 32.5 Å². The molecule has 11 heteroatoms. The van der Waals surface area contributed by atoms with Gasteiger partial charge < -0.3 is 18.9 Å². The molecule has 0 aliphatic carbocycles. The van der Waals surface area contributed by atoms with E-state index in [1.54, 1.807) is 0 Å². The number of carbonyl (C=O) groups excluding carboxylic acids is 3. The second kappa shape index (κ2) is 10.1. The van der Waals surface area contributed by atoms with E-state index >= 15 is 0 Å². The second-order valence-corrected chi connectivity index (χ2v) is 6.51. The Morgan fingerprint density at radius 3 is 2.04 bits per heavy atom. The summed E-state index contributed by atoms with van der Waals surface area (Å²) >= 11 is 1.33. The molecule has 10 nitrogen and oxygen atoms in total. The number of thioether (sulfide) groups is 1. The molecule has 0 aromatic heterocycles. The molecule has 0 radical (unpaired) electrons. The van der Waals surface area contributed by atoms with Gasteiger partial charge in [0.2, 0.25) is 0 Å². The third kappa shape index (κ3) is 6.45. The average Bonchev–Trinajstić information content (AvgIpc) is 2.50. The van der Waals surface area contributed by atoms with Crippen LogP contribution in [0.15, 0.2) is 5.11 Å². The first kappa shape index (κ1) is 21.1. The van der Waals surface area contributed by atoms with Gasteiger partial charge in [0.15, 0.2) is 18.3 Å². The largest absolute Gasteiger partial charge is 0.456 e. The third-order valence-electron chi connectivity index (χ3n) is 3.15.